The van der Waals surface area contributed by atoms with Gasteiger partial charge in [-0.15, -0.1) is 0 Å². The summed E-state index contributed by atoms with van der Waals surface area (Å²) in [5.41, 5.74) is -1.56. The van der Waals surface area contributed by atoms with Crippen LogP contribution in [-0.4, -0.2) is 45.7 Å². The van der Waals surface area contributed by atoms with Gasteiger partial charge in [-0.05, 0) is 42.6 Å². The molecular weight excluding hydrogens is 320 g/mol. The van der Waals surface area contributed by atoms with Crippen molar-refractivity contribution in [3.63, 3.8) is 0 Å². The minimum atomic E-state index is -2.02. The lowest BCUT2D eigenvalue weighted by Crippen LogP contribution is -2.83. The Kier molecular flexibility index (Phi) is 2.88. The van der Waals surface area contributed by atoms with E-state index < -0.39 is 23.4 Å². The number of hydrogen-bond acceptors (Lipinski definition) is 5. The second-order valence-corrected chi connectivity index (χ2v) is 9.89. The summed E-state index contributed by atoms with van der Waals surface area (Å²) in [5.74, 6) is -2.92. The Morgan fingerprint density at radius 3 is 2.60 bits per heavy atom. The van der Waals surface area contributed by atoms with Crippen LogP contribution >= 0.6 is 0 Å². The minimum Gasteiger partial charge on any atom is -0.391 e. The van der Waals surface area contributed by atoms with E-state index in [0.717, 1.165) is 32.1 Å². The summed E-state index contributed by atoms with van der Waals surface area (Å²) >= 11 is 0. The number of aliphatic hydroxyl groups excluding tert-OH is 2. The molecule has 138 valence electrons. The van der Waals surface area contributed by atoms with E-state index in [9.17, 15) is 20.1 Å². The number of aliphatic hydroxyl groups is 3. The summed E-state index contributed by atoms with van der Waals surface area (Å²) in [4.78, 5) is 13.3. The topological polar surface area (TPSA) is 87.0 Å². The maximum Gasteiger partial charge on any atom is 0.208 e. The number of Topliss-reactive ketones (excluding diaryl/α,β-unsaturated/α-hetero) is 1. The quantitative estimate of drug-likeness (QED) is 0.576. The van der Waals surface area contributed by atoms with Crippen molar-refractivity contribution in [1.29, 1.82) is 0 Å². The molecule has 6 fully saturated rings. The Morgan fingerprint density at radius 1 is 1.16 bits per heavy atom. The van der Waals surface area contributed by atoms with Crippen LogP contribution in [0, 0.1) is 34.0 Å². The number of ether oxygens (including phenoxy) is 1. The number of rotatable bonds is 0. The molecule has 2 saturated heterocycles. The maximum atomic E-state index is 13.3. The van der Waals surface area contributed by atoms with Crippen LogP contribution in [-0.2, 0) is 9.53 Å². The molecule has 5 nitrogen and oxygen atoms in total. The first-order chi connectivity index (χ1) is 11.6. The molecule has 5 unspecified atom stereocenters. The van der Waals surface area contributed by atoms with Gasteiger partial charge in [0.2, 0.25) is 5.79 Å². The van der Waals surface area contributed by atoms with Gasteiger partial charge in [0.15, 0.2) is 5.78 Å². The molecule has 2 aliphatic heterocycles. The largest absolute Gasteiger partial charge is 0.391 e. The standard InChI is InChI=1S/C20H28O5/c1-10-11-5-6-12-18-8-4-7-17(2,3)13(18)16(23)20(24,25-9-18)19(12,14(10)21)15(11)22/h11-13,15-16,22-24H,1,4-9H2,2-3H3/t11?,12?,13-,15?,16+,18?,19?,20+/m1/s1. The zero-order chi connectivity index (χ0) is 18.0. The van der Waals surface area contributed by atoms with Crippen molar-refractivity contribution in [3.8, 4) is 0 Å². The van der Waals surface area contributed by atoms with E-state index in [1.165, 1.54) is 0 Å². The fourth-order valence-corrected chi connectivity index (χ4v) is 7.99. The van der Waals surface area contributed by atoms with Crippen molar-refractivity contribution in [2.75, 3.05) is 6.61 Å². The van der Waals surface area contributed by atoms with Gasteiger partial charge in [0.25, 0.3) is 0 Å². The van der Waals surface area contributed by atoms with Crippen LogP contribution in [0.2, 0.25) is 0 Å². The van der Waals surface area contributed by atoms with E-state index in [1.54, 1.807) is 0 Å². The highest BCUT2D eigenvalue weighted by atomic mass is 16.6. The Bertz CT molecular complexity index is 686. The molecule has 25 heavy (non-hydrogen) atoms. The maximum absolute atomic E-state index is 13.3. The molecular formula is C20H28O5. The van der Waals surface area contributed by atoms with Crippen molar-refractivity contribution in [2.24, 2.45) is 34.0 Å². The molecule has 6 rings (SSSR count). The molecule has 4 bridgehead atoms. The zero-order valence-electron chi connectivity index (χ0n) is 15.0. The third-order valence-corrected chi connectivity index (χ3v) is 8.77. The normalized spacial score (nSPS) is 58.8. The summed E-state index contributed by atoms with van der Waals surface area (Å²) in [6.07, 6.45) is 2.18. The summed E-state index contributed by atoms with van der Waals surface area (Å²) < 4.78 is 5.89. The molecule has 4 saturated carbocycles. The second kappa shape index (κ2) is 4.38. The number of fused-ring (bicyclic) bond motifs is 2. The lowest BCUT2D eigenvalue weighted by atomic mass is 9.36. The Balaban J connectivity index is 1.79. The fourth-order valence-electron chi connectivity index (χ4n) is 7.99. The number of carbonyl (C=O) groups excluding carboxylic acids is 1. The highest BCUT2D eigenvalue weighted by molar-refractivity contribution is 6.05. The van der Waals surface area contributed by atoms with Gasteiger partial charge in [0, 0.05) is 17.3 Å². The molecule has 0 amide bonds. The fraction of sp³-hybridized carbons (Fsp3) is 0.850. The van der Waals surface area contributed by atoms with Crippen molar-refractivity contribution < 1.29 is 24.9 Å². The number of hydrogen-bond donors (Lipinski definition) is 3. The van der Waals surface area contributed by atoms with Crippen LogP contribution in [0.3, 0.4) is 0 Å². The van der Waals surface area contributed by atoms with E-state index in [4.69, 9.17) is 4.74 Å². The predicted molar refractivity (Wildman–Crippen MR) is 89.3 cm³/mol. The molecule has 0 aromatic rings. The molecule has 0 aromatic carbocycles. The Morgan fingerprint density at radius 2 is 1.88 bits per heavy atom. The van der Waals surface area contributed by atoms with Gasteiger partial charge in [-0.1, -0.05) is 26.8 Å². The summed E-state index contributed by atoms with van der Waals surface area (Å²) in [6.45, 7) is 8.58. The first-order valence-electron chi connectivity index (χ1n) is 9.61. The Labute approximate surface area is 148 Å². The molecule has 6 aliphatic rings. The summed E-state index contributed by atoms with van der Waals surface area (Å²) in [6, 6.07) is 0. The molecule has 0 aromatic heterocycles. The SMILES string of the molecule is C=C1C(=O)C23C(O)C1CCC2C12CCCC(C)(C)[C@H]1[C@H](O)[C@]3(O)OC2. The van der Waals surface area contributed by atoms with Crippen LogP contribution < -0.4 is 0 Å². The van der Waals surface area contributed by atoms with Crippen LogP contribution in [0.25, 0.3) is 0 Å². The predicted octanol–water partition coefficient (Wildman–Crippen LogP) is 1.40. The molecule has 4 aliphatic carbocycles. The molecule has 8 atom stereocenters. The van der Waals surface area contributed by atoms with Gasteiger partial charge < -0.3 is 20.1 Å². The van der Waals surface area contributed by atoms with E-state index >= 15 is 0 Å². The average molecular weight is 348 g/mol. The highest BCUT2D eigenvalue weighted by Crippen LogP contribution is 2.76. The lowest BCUT2D eigenvalue weighted by molar-refractivity contribution is -0.448. The van der Waals surface area contributed by atoms with Gasteiger partial charge >= 0.3 is 0 Å². The average Bonchev–Trinajstić information content (AvgIpc) is 2.66. The summed E-state index contributed by atoms with van der Waals surface area (Å²) in [5, 5.41) is 34.0. The third-order valence-electron chi connectivity index (χ3n) is 8.77. The zero-order valence-corrected chi connectivity index (χ0v) is 15.0. The first-order valence-corrected chi connectivity index (χ1v) is 9.61. The van der Waals surface area contributed by atoms with Gasteiger partial charge in [-0.3, -0.25) is 4.79 Å². The third kappa shape index (κ3) is 1.41. The van der Waals surface area contributed by atoms with E-state index in [0.29, 0.717) is 12.2 Å². The Hall–Kier alpha value is -0.750. The van der Waals surface area contributed by atoms with E-state index in [-0.39, 0.29) is 34.4 Å². The van der Waals surface area contributed by atoms with Crippen LogP contribution in [0.1, 0.15) is 46.0 Å². The van der Waals surface area contributed by atoms with Crippen LogP contribution in [0.15, 0.2) is 12.2 Å². The van der Waals surface area contributed by atoms with Crippen molar-refractivity contribution in [3.05, 3.63) is 12.2 Å². The molecule has 3 N–H and O–H groups in total. The monoisotopic (exact) mass is 348 g/mol. The van der Waals surface area contributed by atoms with Crippen LogP contribution in [0.4, 0.5) is 0 Å². The smallest absolute Gasteiger partial charge is 0.208 e. The lowest BCUT2D eigenvalue weighted by Gasteiger charge is -2.73. The summed E-state index contributed by atoms with van der Waals surface area (Å²) in [7, 11) is 0. The molecule has 2 heterocycles. The van der Waals surface area contributed by atoms with Crippen LogP contribution in [0.5, 0.6) is 0 Å². The minimum absolute atomic E-state index is 0.131. The molecule has 5 heteroatoms. The molecule has 2 spiro atoms. The second-order valence-electron chi connectivity index (χ2n) is 9.89. The van der Waals surface area contributed by atoms with Crippen molar-refractivity contribution >= 4 is 5.78 Å². The highest BCUT2D eigenvalue weighted by Gasteiger charge is 2.85. The van der Waals surface area contributed by atoms with E-state index in [2.05, 4.69) is 20.4 Å². The number of ketones is 1. The van der Waals surface area contributed by atoms with Gasteiger partial charge in [-0.2, -0.15) is 0 Å². The molecule has 0 radical (unpaired) electrons. The first kappa shape index (κ1) is 16.4. The number of carbonyl (C=O) groups is 1. The van der Waals surface area contributed by atoms with Gasteiger partial charge in [0.1, 0.15) is 11.5 Å². The van der Waals surface area contributed by atoms with E-state index in [1.807, 2.05) is 0 Å². The van der Waals surface area contributed by atoms with Crippen molar-refractivity contribution in [1.82, 2.24) is 0 Å². The van der Waals surface area contributed by atoms with Gasteiger partial charge in [0.05, 0.1) is 12.7 Å². The van der Waals surface area contributed by atoms with Crippen molar-refractivity contribution in [2.45, 2.75) is 63.9 Å². The van der Waals surface area contributed by atoms with Gasteiger partial charge in [-0.25, -0.2) is 0 Å².